The molecule has 2 N–H and O–H groups in total. The van der Waals surface area contributed by atoms with Crippen molar-refractivity contribution in [2.45, 2.75) is 26.4 Å². The molecule has 84 valence electrons. The van der Waals surface area contributed by atoms with Gasteiger partial charge in [-0.2, -0.15) is 0 Å². The van der Waals surface area contributed by atoms with Gasteiger partial charge in [0.15, 0.2) is 0 Å². The summed E-state index contributed by atoms with van der Waals surface area (Å²) in [5, 5.41) is 8.03. The van der Waals surface area contributed by atoms with Crippen molar-refractivity contribution >= 4 is 0 Å². The van der Waals surface area contributed by atoms with Crippen molar-refractivity contribution < 1.29 is 0 Å². The van der Waals surface area contributed by atoms with Crippen LogP contribution in [0.4, 0.5) is 0 Å². The van der Waals surface area contributed by atoms with Gasteiger partial charge in [0.25, 0.3) is 0 Å². The molecule has 0 amide bonds. The number of benzene rings is 1. The first-order valence-electron chi connectivity index (χ1n) is 5.53. The van der Waals surface area contributed by atoms with Crippen LogP contribution in [0.2, 0.25) is 0 Å². The summed E-state index contributed by atoms with van der Waals surface area (Å²) < 4.78 is 1.93. The predicted octanol–water partition coefficient (Wildman–Crippen LogP) is 1.81. The highest BCUT2D eigenvalue weighted by Crippen LogP contribution is 2.19. The van der Waals surface area contributed by atoms with E-state index in [1.807, 2.05) is 16.8 Å². The maximum atomic E-state index is 5.63. The van der Waals surface area contributed by atoms with E-state index in [4.69, 9.17) is 5.73 Å². The lowest BCUT2D eigenvalue weighted by molar-refractivity contribution is 0.584. The number of nitrogens with zero attached hydrogens (tertiary/aromatic N) is 3. The third kappa shape index (κ3) is 2.12. The zero-order valence-corrected chi connectivity index (χ0v) is 9.43. The molecule has 0 aliphatic heterocycles. The minimum atomic E-state index is 0.559. The van der Waals surface area contributed by atoms with Gasteiger partial charge in [0.2, 0.25) is 0 Å². The highest BCUT2D eigenvalue weighted by atomic mass is 15.4. The van der Waals surface area contributed by atoms with Crippen molar-refractivity contribution in [3.05, 3.63) is 36.0 Å². The molecule has 1 aromatic carbocycles. The zero-order chi connectivity index (χ0) is 11.4. The Balaban J connectivity index is 2.37. The molecule has 0 spiro atoms. The Hall–Kier alpha value is -1.68. The number of aromatic nitrogens is 3. The molecule has 0 fully saturated rings. The van der Waals surface area contributed by atoms with E-state index in [-0.39, 0.29) is 0 Å². The highest BCUT2D eigenvalue weighted by Gasteiger charge is 2.05. The molecule has 16 heavy (non-hydrogen) atoms. The quantitative estimate of drug-likeness (QED) is 0.848. The fourth-order valence-electron chi connectivity index (χ4n) is 1.72. The molecule has 4 nitrogen and oxygen atoms in total. The first kappa shape index (κ1) is 10.8. The number of hydrogen-bond acceptors (Lipinski definition) is 3. The third-order valence-corrected chi connectivity index (χ3v) is 2.51. The summed E-state index contributed by atoms with van der Waals surface area (Å²) in [7, 11) is 0. The molecular weight excluding hydrogens is 200 g/mol. The smallest absolute Gasteiger partial charge is 0.0885 e. The average molecular weight is 216 g/mol. The lowest BCUT2D eigenvalue weighted by Crippen LogP contribution is -2.02. The van der Waals surface area contributed by atoms with Crippen LogP contribution in [-0.4, -0.2) is 15.0 Å². The van der Waals surface area contributed by atoms with Gasteiger partial charge in [0.1, 0.15) is 0 Å². The monoisotopic (exact) mass is 216 g/mol. The van der Waals surface area contributed by atoms with Crippen LogP contribution in [0.3, 0.4) is 0 Å². The van der Waals surface area contributed by atoms with Gasteiger partial charge < -0.3 is 5.73 Å². The van der Waals surface area contributed by atoms with Gasteiger partial charge in [-0.15, -0.1) is 5.10 Å². The van der Waals surface area contributed by atoms with Crippen LogP contribution in [0.5, 0.6) is 0 Å². The molecule has 0 saturated carbocycles. The summed E-state index contributed by atoms with van der Waals surface area (Å²) in [6.07, 6.45) is 2.85. The van der Waals surface area contributed by atoms with Crippen LogP contribution in [0.25, 0.3) is 11.3 Å². The van der Waals surface area contributed by atoms with Crippen LogP contribution in [-0.2, 0) is 13.1 Å². The van der Waals surface area contributed by atoms with E-state index in [2.05, 4.69) is 29.4 Å². The van der Waals surface area contributed by atoms with E-state index in [9.17, 15) is 0 Å². The molecular formula is C12H16N4. The van der Waals surface area contributed by atoms with Gasteiger partial charge in [-0.3, -0.25) is 0 Å². The SMILES string of the molecule is CCCn1nncc1-c1cccc(CN)c1. The summed E-state index contributed by atoms with van der Waals surface area (Å²) in [5.74, 6) is 0. The Morgan fingerprint density at radius 2 is 2.25 bits per heavy atom. The normalized spacial score (nSPS) is 10.6. The average Bonchev–Trinajstić information content (AvgIpc) is 2.78. The Morgan fingerprint density at radius 1 is 1.38 bits per heavy atom. The van der Waals surface area contributed by atoms with E-state index in [1.54, 1.807) is 6.20 Å². The van der Waals surface area contributed by atoms with Crippen molar-refractivity contribution in [1.29, 1.82) is 0 Å². The molecule has 2 aromatic rings. The van der Waals surface area contributed by atoms with Crippen molar-refractivity contribution in [2.24, 2.45) is 5.73 Å². The third-order valence-electron chi connectivity index (χ3n) is 2.51. The molecule has 0 atom stereocenters. The first-order valence-corrected chi connectivity index (χ1v) is 5.53. The summed E-state index contributed by atoms with van der Waals surface area (Å²) in [6.45, 7) is 3.58. The van der Waals surface area contributed by atoms with Gasteiger partial charge in [-0.1, -0.05) is 30.3 Å². The van der Waals surface area contributed by atoms with Crippen LogP contribution < -0.4 is 5.73 Å². The molecule has 0 aliphatic carbocycles. The second-order valence-corrected chi connectivity index (χ2v) is 3.75. The Kier molecular flexibility index (Phi) is 3.31. The molecule has 0 saturated heterocycles. The number of nitrogens with two attached hydrogens (primary N) is 1. The van der Waals surface area contributed by atoms with Crippen LogP contribution in [0, 0.1) is 0 Å². The topological polar surface area (TPSA) is 56.7 Å². The van der Waals surface area contributed by atoms with E-state index in [0.717, 1.165) is 29.8 Å². The Morgan fingerprint density at radius 3 is 3.00 bits per heavy atom. The highest BCUT2D eigenvalue weighted by molar-refractivity contribution is 5.59. The maximum Gasteiger partial charge on any atom is 0.0885 e. The standard InChI is InChI=1S/C12H16N4/c1-2-6-16-12(9-14-15-16)11-5-3-4-10(7-11)8-13/h3-5,7,9H,2,6,8,13H2,1H3. The van der Waals surface area contributed by atoms with Gasteiger partial charge >= 0.3 is 0 Å². The summed E-state index contributed by atoms with van der Waals surface area (Å²) >= 11 is 0. The molecule has 0 bridgehead atoms. The van der Waals surface area contributed by atoms with E-state index in [1.165, 1.54) is 0 Å². The van der Waals surface area contributed by atoms with Crippen molar-refractivity contribution in [3.63, 3.8) is 0 Å². The van der Waals surface area contributed by atoms with Crippen molar-refractivity contribution in [3.8, 4) is 11.3 Å². The summed E-state index contributed by atoms with van der Waals surface area (Å²) in [4.78, 5) is 0. The largest absolute Gasteiger partial charge is 0.326 e. The van der Waals surface area contributed by atoms with Gasteiger partial charge in [-0.05, 0) is 18.1 Å². The maximum absolute atomic E-state index is 5.63. The van der Waals surface area contributed by atoms with Crippen molar-refractivity contribution in [2.75, 3.05) is 0 Å². The number of rotatable bonds is 4. The minimum absolute atomic E-state index is 0.559. The fourth-order valence-corrected chi connectivity index (χ4v) is 1.72. The van der Waals surface area contributed by atoms with E-state index >= 15 is 0 Å². The van der Waals surface area contributed by atoms with Crippen LogP contribution >= 0.6 is 0 Å². The lowest BCUT2D eigenvalue weighted by Gasteiger charge is -2.05. The Bertz CT molecular complexity index is 462. The van der Waals surface area contributed by atoms with Gasteiger partial charge in [0.05, 0.1) is 11.9 Å². The van der Waals surface area contributed by atoms with E-state index in [0.29, 0.717) is 6.54 Å². The Labute approximate surface area is 95.1 Å². The summed E-state index contributed by atoms with van der Waals surface area (Å²) in [5.41, 5.74) is 8.94. The molecule has 0 unspecified atom stereocenters. The van der Waals surface area contributed by atoms with Crippen LogP contribution in [0.15, 0.2) is 30.5 Å². The second-order valence-electron chi connectivity index (χ2n) is 3.75. The molecule has 1 heterocycles. The minimum Gasteiger partial charge on any atom is -0.326 e. The molecule has 0 radical (unpaired) electrons. The summed E-state index contributed by atoms with van der Waals surface area (Å²) in [6, 6.07) is 8.19. The van der Waals surface area contributed by atoms with E-state index < -0.39 is 0 Å². The molecule has 2 rings (SSSR count). The van der Waals surface area contributed by atoms with Gasteiger partial charge in [0, 0.05) is 18.7 Å². The van der Waals surface area contributed by atoms with Crippen molar-refractivity contribution in [1.82, 2.24) is 15.0 Å². The predicted molar refractivity (Wildman–Crippen MR) is 63.6 cm³/mol. The van der Waals surface area contributed by atoms with Crippen LogP contribution in [0.1, 0.15) is 18.9 Å². The fraction of sp³-hybridized carbons (Fsp3) is 0.333. The number of aryl methyl sites for hydroxylation is 1. The first-order chi connectivity index (χ1) is 7.85. The zero-order valence-electron chi connectivity index (χ0n) is 9.43. The van der Waals surface area contributed by atoms with Gasteiger partial charge in [-0.25, -0.2) is 4.68 Å². The lowest BCUT2D eigenvalue weighted by atomic mass is 10.1. The molecule has 4 heteroatoms. The number of hydrogen-bond donors (Lipinski definition) is 1. The second kappa shape index (κ2) is 4.90. The molecule has 1 aromatic heterocycles. The molecule has 0 aliphatic rings.